The van der Waals surface area contributed by atoms with Crippen molar-refractivity contribution in [2.45, 2.75) is 31.3 Å². The molecule has 0 atom stereocenters. The minimum atomic E-state index is -0.796. The first-order chi connectivity index (χ1) is 9.45. The summed E-state index contributed by atoms with van der Waals surface area (Å²) in [7, 11) is 3.00. The number of methoxy groups -OCH3 is 1. The van der Waals surface area contributed by atoms with Gasteiger partial charge in [-0.3, -0.25) is 4.79 Å². The fourth-order valence-corrected chi connectivity index (χ4v) is 2.72. The van der Waals surface area contributed by atoms with Crippen molar-refractivity contribution >= 4 is 5.91 Å². The molecule has 1 N–H and O–H groups in total. The fraction of sp³-hybridized carbons (Fsp3) is 0.533. The zero-order valence-corrected chi connectivity index (χ0v) is 11.9. The minimum absolute atomic E-state index is 0.110. The lowest BCUT2D eigenvalue weighted by molar-refractivity contribution is 0.0156. The Morgan fingerprint density at radius 1 is 1.45 bits per heavy atom. The first-order valence-corrected chi connectivity index (χ1v) is 6.76. The van der Waals surface area contributed by atoms with Gasteiger partial charge >= 0.3 is 0 Å². The number of ether oxygens (including phenoxy) is 1. The summed E-state index contributed by atoms with van der Waals surface area (Å²) in [6, 6.07) is 4.12. The van der Waals surface area contributed by atoms with Crippen molar-refractivity contribution in [3.05, 3.63) is 29.6 Å². The van der Waals surface area contributed by atoms with Gasteiger partial charge in [0.1, 0.15) is 0 Å². The third-order valence-corrected chi connectivity index (χ3v) is 3.81. The van der Waals surface area contributed by atoms with Crippen LogP contribution in [0.25, 0.3) is 0 Å². The number of carbonyl (C=O) groups is 1. The lowest BCUT2D eigenvalue weighted by atomic mass is 10.0. The lowest BCUT2D eigenvalue weighted by Gasteiger charge is -2.28. The Bertz CT molecular complexity index is 498. The largest absolute Gasteiger partial charge is 0.494 e. The summed E-state index contributed by atoms with van der Waals surface area (Å²) in [6.45, 7) is 0.277. The van der Waals surface area contributed by atoms with Crippen LogP contribution in [0.2, 0.25) is 0 Å². The first-order valence-electron chi connectivity index (χ1n) is 6.76. The van der Waals surface area contributed by atoms with Crippen LogP contribution in [0.4, 0.5) is 4.39 Å². The van der Waals surface area contributed by atoms with Crippen molar-refractivity contribution in [1.29, 1.82) is 0 Å². The molecule has 0 unspecified atom stereocenters. The Morgan fingerprint density at radius 2 is 2.10 bits per heavy atom. The standard InChI is InChI=1S/C15H20FNO3/c1-17(10-15(19)7-3-4-8-15)14(18)11-5-6-13(20-2)12(16)9-11/h5-6,9,19H,3-4,7-8,10H2,1-2H3. The molecular formula is C15H20FNO3. The van der Waals surface area contributed by atoms with Gasteiger partial charge in [0.05, 0.1) is 12.7 Å². The molecule has 0 saturated heterocycles. The average molecular weight is 281 g/mol. The summed E-state index contributed by atoms with van der Waals surface area (Å²) >= 11 is 0. The van der Waals surface area contributed by atoms with Crippen LogP contribution in [0.1, 0.15) is 36.0 Å². The van der Waals surface area contributed by atoms with Gasteiger partial charge in [-0.25, -0.2) is 4.39 Å². The molecular weight excluding hydrogens is 261 g/mol. The molecule has 0 spiro atoms. The summed E-state index contributed by atoms with van der Waals surface area (Å²) < 4.78 is 18.4. The molecule has 20 heavy (non-hydrogen) atoms. The van der Waals surface area contributed by atoms with E-state index in [1.807, 2.05) is 0 Å². The van der Waals surface area contributed by atoms with Gasteiger partial charge in [0.15, 0.2) is 11.6 Å². The van der Waals surface area contributed by atoms with E-state index in [-0.39, 0.29) is 23.8 Å². The Hall–Kier alpha value is -1.62. The molecule has 1 aliphatic rings. The van der Waals surface area contributed by atoms with Gasteiger partial charge in [-0.2, -0.15) is 0 Å². The number of amides is 1. The molecule has 0 radical (unpaired) electrons. The fourth-order valence-electron chi connectivity index (χ4n) is 2.72. The second-order valence-corrected chi connectivity index (χ2v) is 5.44. The first kappa shape index (κ1) is 14.8. The molecule has 110 valence electrons. The van der Waals surface area contributed by atoms with Gasteiger partial charge in [-0.05, 0) is 31.0 Å². The number of aliphatic hydroxyl groups is 1. The van der Waals surface area contributed by atoms with Crippen molar-refractivity contribution < 1.29 is 19.0 Å². The molecule has 1 aromatic carbocycles. The van der Waals surface area contributed by atoms with E-state index < -0.39 is 11.4 Å². The summed E-state index contributed by atoms with van der Waals surface area (Å²) in [5, 5.41) is 10.3. The average Bonchev–Trinajstić information content (AvgIpc) is 2.84. The maximum absolute atomic E-state index is 13.6. The Morgan fingerprint density at radius 3 is 2.65 bits per heavy atom. The van der Waals surface area contributed by atoms with Crippen molar-refractivity contribution in [2.75, 3.05) is 20.7 Å². The highest BCUT2D eigenvalue weighted by atomic mass is 19.1. The van der Waals surface area contributed by atoms with E-state index in [4.69, 9.17) is 4.74 Å². The predicted molar refractivity (Wildman–Crippen MR) is 73.3 cm³/mol. The van der Waals surface area contributed by atoms with Crippen molar-refractivity contribution in [2.24, 2.45) is 0 Å². The zero-order valence-electron chi connectivity index (χ0n) is 11.9. The number of nitrogens with zero attached hydrogens (tertiary/aromatic N) is 1. The highest BCUT2D eigenvalue weighted by Crippen LogP contribution is 2.30. The monoisotopic (exact) mass is 281 g/mol. The summed E-state index contributed by atoms with van der Waals surface area (Å²) in [4.78, 5) is 13.7. The number of carbonyl (C=O) groups excluding carboxylic acids is 1. The van der Waals surface area contributed by atoms with E-state index in [2.05, 4.69) is 0 Å². The third-order valence-electron chi connectivity index (χ3n) is 3.81. The smallest absolute Gasteiger partial charge is 0.253 e. The lowest BCUT2D eigenvalue weighted by Crippen LogP contribution is -2.42. The number of likely N-dealkylation sites (N-methyl/N-ethyl adjacent to an activating group) is 1. The van der Waals surface area contributed by atoms with E-state index in [0.29, 0.717) is 12.8 Å². The highest BCUT2D eigenvalue weighted by molar-refractivity contribution is 5.94. The van der Waals surface area contributed by atoms with Crippen LogP contribution in [0.5, 0.6) is 5.75 Å². The maximum atomic E-state index is 13.6. The van der Waals surface area contributed by atoms with Gasteiger partial charge in [0.2, 0.25) is 0 Å². The molecule has 1 aromatic rings. The van der Waals surface area contributed by atoms with Crippen LogP contribution in [0.3, 0.4) is 0 Å². The summed E-state index contributed by atoms with van der Waals surface area (Å²) in [5.74, 6) is -0.753. The van der Waals surface area contributed by atoms with Gasteiger partial charge in [-0.1, -0.05) is 12.8 Å². The van der Waals surface area contributed by atoms with E-state index >= 15 is 0 Å². The molecule has 1 aliphatic carbocycles. The molecule has 1 fully saturated rings. The zero-order chi connectivity index (χ0) is 14.8. The van der Waals surface area contributed by atoms with Crippen LogP contribution in [-0.4, -0.2) is 42.2 Å². The molecule has 1 amide bonds. The second-order valence-electron chi connectivity index (χ2n) is 5.44. The summed E-state index contributed by atoms with van der Waals surface area (Å²) in [5.41, 5.74) is -0.539. The topological polar surface area (TPSA) is 49.8 Å². The summed E-state index contributed by atoms with van der Waals surface area (Å²) in [6.07, 6.45) is 3.38. The van der Waals surface area contributed by atoms with Gasteiger partial charge in [0, 0.05) is 19.2 Å². The highest BCUT2D eigenvalue weighted by Gasteiger charge is 2.33. The van der Waals surface area contributed by atoms with E-state index in [1.165, 1.54) is 24.1 Å². The normalized spacial score (nSPS) is 17.0. The van der Waals surface area contributed by atoms with Crippen molar-refractivity contribution in [1.82, 2.24) is 4.90 Å². The molecule has 4 nitrogen and oxygen atoms in total. The number of rotatable bonds is 4. The molecule has 2 rings (SSSR count). The minimum Gasteiger partial charge on any atom is -0.494 e. The maximum Gasteiger partial charge on any atom is 0.253 e. The van der Waals surface area contributed by atoms with Crippen LogP contribution < -0.4 is 4.74 Å². The number of hydrogen-bond donors (Lipinski definition) is 1. The SMILES string of the molecule is COc1ccc(C(=O)N(C)CC2(O)CCCC2)cc1F. The van der Waals surface area contributed by atoms with Crippen molar-refractivity contribution in [3.63, 3.8) is 0 Å². The molecule has 5 heteroatoms. The van der Waals surface area contributed by atoms with Crippen LogP contribution in [0.15, 0.2) is 18.2 Å². The van der Waals surface area contributed by atoms with Gasteiger partial charge in [-0.15, -0.1) is 0 Å². The Kier molecular flexibility index (Phi) is 4.28. The molecule has 0 aliphatic heterocycles. The van der Waals surface area contributed by atoms with Crippen molar-refractivity contribution in [3.8, 4) is 5.75 Å². The quantitative estimate of drug-likeness (QED) is 0.920. The van der Waals surface area contributed by atoms with E-state index in [9.17, 15) is 14.3 Å². The van der Waals surface area contributed by atoms with Crippen LogP contribution >= 0.6 is 0 Å². The van der Waals surface area contributed by atoms with E-state index in [0.717, 1.165) is 18.9 Å². The van der Waals surface area contributed by atoms with Gasteiger partial charge in [0.25, 0.3) is 5.91 Å². The number of halogens is 1. The van der Waals surface area contributed by atoms with Gasteiger partial charge < -0.3 is 14.7 Å². The Labute approximate surface area is 118 Å². The Balaban J connectivity index is 2.08. The number of hydrogen-bond acceptors (Lipinski definition) is 3. The van der Waals surface area contributed by atoms with Crippen LogP contribution in [0, 0.1) is 5.82 Å². The predicted octanol–water partition coefficient (Wildman–Crippen LogP) is 2.21. The molecule has 1 saturated carbocycles. The second kappa shape index (κ2) is 5.79. The molecule has 0 aromatic heterocycles. The third kappa shape index (κ3) is 3.10. The molecule has 0 heterocycles. The van der Waals surface area contributed by atoms with Crippen LogP contribution in [-0.2, 0) is 0 Å². The van der Waals surface area contributed by atoms with E-state index in [1.54, 1.807) is 7.05 Å². The number of benzene rings is 1. The molecule has 0 bridgehead atoms.